The lowest BCUT2D eigenvalue weighted by Crippen LogP contribution is -2.34. The molecule has 0 aliphatic carbocycles. The lowest BCUT2D eigenvalue weighted by molar-refractivity contribution is -0.120. The molecular formula is C19H16ClNO2S. The van der Waals surface area contributed by atoms with E-state index in [9.17, 15) is 4.79 Å². The van der Waals surface area contributed by atoms with Crippen LogP contribution in [0.1, 0.15) is 4.88 Å². The lowest BCUT2D eigenvalue weighted by Gasteiger charge is -2.23. The maximum absolute atomic E-state index is 12.7. The second-order valence-electron chi connectivity index (χ2n) is 5.11. The highest BCUT2D eigenvalue weighted by Crippen LogP contribution is 2.28. The molecule has 0 aliphatic heterocycles. The van der Waals surface area contributed by atoms with Crippen LogP contribution >= 0.6 is 22.9 Å². The zero-order valence-corrected chi connectivity index (χ0v) is 14.5. The Balaban J connectivity index is 1.78. The van der Waals surface area contributed by atoms with Gasteiger partial charge >= 0.3 is 0 Å². The summed E-state index contributed by atoms with van der Waals surface area (Å²) in [5, 5.41) is 2.53. The minimum absolute atomic E-state index is 0.0411. The molecule has 24 heavy (non-hydrogen) atoms. The first-order chi connectivity index (χ1) is 11.7. The fraction of sp³-hybridized carbons (Fsp3) is 0.105. The number of ether oxygens (including phenoxy) is 1. The first-order valence-electron chi connectivity index (χ1n) is 7.49. The van der Waals surface area contributed by atoms with E-state index in [1.165, 1.54) is 0 Å². The Morgan fingerprint density at radius 3 is 2.46 bits per heavy atom. The molecule has 0 spiro atoms. The number of carbonyl (C=O) groups excluding carboxylic acids is 1. The maximum atomic E-state index is 12.7. The van der Waals surface area contributed by atoms with Gasteiger partial charge < -0.3 is 9.64 Å². The van der Waals surface area contributed by atoms with Gasteiger partial charge in [0.1, 0.15) is 5.75 Å². The van der Waals surface area contributed by atoms with Crippen molar-refractivity contribution < 1.29 is 9.53 Å². The minimum Gasteiger partial charge on any atom is -0.484 e. The molecule has 1 aromatic heterocycles. The number of anilines is 1. The highest BCUT2D eigenvalue weighted by molar-refractivity contribution is 7.09. The Kier molecular flexibility index (Phi) is 5.51. The Morgan fingerprint density at radius 2 is 1.75 bits per heavy atom. The van der Waals surface area contributed by atoms with Gasteiger partial charge in [-0.3, -0.25) is 4.79 Å². The van der Waals surface area contributed by atoms with Crippen LogP contribution < -0.4 is 9.64 Å². The summed E-state index contributed by atoms with van der Waals surface area (Å²) in [6.45, 7) is 0.430. The summed E-state index contributed by atoms with van der Waals surface area (Å²) in [6, 6.07) is 20.6. The van der Waals surface area contributed by atoms with E-state index in [1.807, 2.05) is 66.0 Å². The van der Waals surface area contributed by atoms with Gasteiger partial charge in [-0.05, 0) is 35.7 Å². The summed E-state index contributed by atoms with van der Waals surface area (Å²) in [5.41, 5.74) is 0.689. The predicted octanol–water partition coefficient (Wildman–Crippen LogP) is 5.01. The highest BCUT2D eigenvalue weighted by atomic mass is 35.5. The Labute approximate surface area is 150 Å². The molecule has 0 saturated carbocycles. The molecular weight excluding hydrogens is 342 g/mol. The predicted molar refractivity (Wildman–Crippen MR) is 98.9 cm³/mol. The number of nitrogens with zero attached hydrogens (tertiary/aromatic N) is 1. The summed E-state index contributed by atoms with van der Waals surface area (Å²) >= 11 is 7.89. The lowest BCUT2D eigenvalue weighted by atomic mass is 10.2. The first kappa shape index (κ1) is 16.6. The van der Waals surface area contributed by atoms with E-state index in [4.69, 9.17) is 16.3 Å². The van der Waals surface area contributed by atoms with Gasteiger partial charge in [-0.15, -0.1) is 11.3 Å². The first-order valence-corrected chi connectivity index (χ1v) is 8.75. The zero-order chi connectivity index (χ0) is 16.8. The smallest absolute Gasteiger partial charge is 0.265 e. The third kappa shape index (κ3) is 4.16. The summed E-state index contributed by atoms with van der Waals surface area (Å²) in [7, 11) is 0. The standard InChI is InChI=1S/C19H16ClNO2S/c20-17-10-4-5-11-18(17)21(13-16-9-6-12-24-16)19(22)14-23-15-7-2-1-3-8-15/h1-12H,13-14H2. The van der Waals surface area contributed by atoms with Gasteiger partial charge in [-0.1, -0.05) is 48.0 Å². The zero-order valence-electron chi connectivity index (χ0n) is 12.9. The summed E-state index contributed by atoms with van der Waals surface area (Å²) in [6.07, 6.45) is 0. The van der Waals surface area contributed by atoms with Crippen molar-refractivity contribution in [3.05, 3.63) is 82.0 Å². The van der Waals surface area contributed by atoms with Crippen molar-refractivity contribution in [3.8, 4) is 5.75 Å². The van der Waals surface area contributed by atoms with E-state index in [0.717, 1.165) is 4.88 Å². The number of hydrogen-bond donors (Lipinski definition) is 0. The summed E-state index contributed by atoms with van der Waals surface area (Å²) < 4.78 is 5.60. The molecule has 0 aliphatic rings. The van der Waals surface area contributed by atoms with Crippen molar-refractivity contribution in [2.24, 2.45) is 0 Å². The van der Waals surface area contributed by atoms with Crippen molar-refractivity contribution in [1.29, 1.82) is 0 Å². The van der Waals surface area contributed by atoms with Crippen molar-refractivity contribution in [2.45, 2.75) is 6.54 Å². The van der Waals surface area contributed by atoms with Crippen LogP contribution in [0.4, 0.5) is 5.69 Å². The van der Waals surface area contributed by atoms with E-state index in [1.54, 1.807) is 22.3 Å². The number of carbonyl (C=O) groups is 1. The number of para-hydroxylation sites is 2. The summed E-state index contributed by atoms with van der Waals surface area (Å²) in [5.74, 6) is 0.529. The Hall–Kier alpha value is -2.30. The molecule has 3 aromatic rings. The van der Waals surface area contributed by atoms with Crippen LogP contribution in [0.3, 0.4) is 0 Å². The van der Waals surface area contributed by atoms with Gasteiger partial charge in [-0.2, -0.15) is 0 Å². The van der Waals surface area contributed by atoms with Crippen molar-refractivity contribution >= 4 is 34.5 Å². The molecule has 3 nitrogen and oxygen atoms in total. The van der Waals surface area contributed by atoms with Crippen molar-refractivity contribution in [2.75, 3.05) is 11.5 Å². The van der Waals surface area contributed by atoms with E-state index >= 15 is 0 Å². The number of rotatable bonds is 6. The average Bonchev–Trinajstić information content (AvgIpc) is 3.12. The summed E-state index contributed by atoms with van der Waals surface area (Å²) in [4.78, 5) is 15.5. The molecule has 122 valence electrons. The number of thiophene rings is 1. The van der Waals surface area contributed by atoms with E-state index in [2.05, 4.69) is 0 Å². The van der Waals surface area contributed by atoms with Gasteiger partial charge in [0.25, 0.3) is 5.91 Å². The fourth-order valence-corrected chi connectivity index (χ4v) is 3.21. The van der Waals surface area contributed by atoms with Gasteiger partial charge in [0, 0.05) is 4.88 Å². The number of benzene rings is 2. The average molecular weight is 358 g/mol. The van der Waals surface area contributed by atoms with Crippen molar-refractivity contribution in [1.82, 2.24) is 0 Å². The number of hydrogen-bond acceptors (Lipinski definition) is 3. The molecule has 0 bridgehead atoms. The fourth-order valence-electron chi connectivity index (χ4n) is 2.28. The quantitative estimate of drug-likeness (QED) is 0.620. The Bertz CT molecular complexity index is 790. The van der Waals surface area contributed by atoms with Crippen LogP contribution in [0, 0.1) is 0 Å². The van der Waals surface area contributed by atoms with Crippen molar-refractivity contribution in [3.63, 3.8) is 0 Å². The van der Waals surface area contributed by atoms with Crippen LogP contribution in [0.15, 0.2) is 72.1 Å². The molecule has 2 aromatic carbocycles. The van der Waals surface area contributed by atoms with Gasteiger partial charge in [0.05, 0.1) is 17.3 Å². The van der Waals surface area contributed by atoms with Gasteiger partial charge in [0.15, 0.2) is 6.61 Å². The van der Waals surface area contributed by atoms with Crippen LogP contribution in [-0.2, 0) is 11.3 Å². The van der Waals surface area contributed by atoms with Gasteiger partial charge in [0.2, 0.25) is 0 Å². The minimum atomic E-state index is -0.139. The molecule has 0 radical (unpaired) electrons. The number of halogens is 1. The number of amides is 1. The maximum Gasteiger partial charge on any atom is 0.265 e. The largest absolute Gasteiger partial charge is 0.484 e. The topological polar surface area (TPSA) is 29.5 Å². The van der Waals surface area contributed by atoms with E-state index in [-0.39, 0.29) is 12.5 Å². The molecule has 5 heteroatoms. The SMILES string of the molecule is O=C(COc1ccccc1)N(Cc1cccs1)c1ccccc1Cl. The second kappa shape index (κ2) is 7.99. The van der Waals surface area contributed by atoms with Crippen LogP contribution in [-0.4, -0.2) is 12.5 Å². The van der Waals surface area contributed by atoms with E-state index in [0.29, 0.717) is 23.0 Å². The third-order valence-electron chi connectivity index (χ3n) is 3.44. The molecule has 0 atom stereocenters. The molecule has 0 saturated heterocycles. The molecule has 0 N–H and O–H groups in total. The molecule has 3 rings (SSSR count). The monoisotopic (exact) mass is 357 g/mol. The Morgan fingerprint density at radius 1 is 1.00 bits per heavy atom. The molecule has 1 amide bonds. The molecule has 0 unspecified atom stereocenters. The van der Waals surface area contributed by atoms with Gasteiger partial charge in [-0.25, -0.2) is 0 Å². The van der Waals surface area contributed by atoms with E-state index < -0.39 is 0 Å². The third-order valence-corrected chi connectivity index (χ3v) is 4.62. The normalized spacial score (nSPS) is 10.4. The van der Waals surface area contributed by atoms with Crippen LogP contribution in [0.5, 0.6) is 5.75 Å². The highest BCUT2D eigenvalue weighted by Gasteiger charge is 2.19. The second-order valence-corrected chi connectivity index (χ2v) is 6.55. The van der Waals surface area contributed by atoms with Crippen LogP contribution in [0.2, 0.25) is 5.02 Å². The molecule has 0 fully saturated rings. The van der Waals surface area contributed by atoms with Crippen LogP contribution in [0.25, 0.3) is 0 Å². The molecule has 1 heterocycles.